The molecule has 148 valence electrons. The van der Waals surface area contributed by atoms with Gasteiger partial charge in [-0.25, -0.2) is 4.98 Å². The molecule has 1 aliphatic rings. The highest BCUT2D eigenvalue weighted by Gasteiger charge is 2.22. The van der Waals surface area contributed by atoms with Gasteiger partial charge in [0.15, 0.2) is 0 Å². The van der Waals surface area contributed by atoms with Gasteiger partial charge in [0.25, 0.3) is 5.56 Å². The fourth-order valence-electron chi connectivity index (χ4n) is 4.45. The van der Waals surface area contributed by atoms with Crippen LogP contribution in [0.15, 0.2) is 47.3 Å². The minimum Gasteiger partial charge on any atom is -0.302 e. The topological polar surface area (TPSA) is 38.1 Å². The second-order valence-electron chi connectivity index (χ2n) is 8.19. The summed E-state index contributed by atoms with van der Waals surface area (Å²) < 4.78 is 1.91. The summed E-state index contributed by atoms with van der Waals surface area (Å²) in [5.74, 6) is 0.846. The van der Waals surface area contributed by atoms with Crippen LogP contribution in [0.3, 0.4) is 0 Å². The largest absolute Gasteiger partial charge is 0.302 e. The number of benzene rings is 2. The summed E-state index contributed by atoms with van der Waals surface area (Å²) in [7, 11) is 4.05. The van der Waals surface area contributed by atoms with Gasteiger partial charge in [-0.3, -0.25) is 9.36 Å². The van der Waals surface area contributed by atoms with Crippen LogP contribution in [0.5, 0.6) is 0 Å². The van der Waals surface area contributed by atoms with Crippen molar-refractivity contribution in [3.8, 4) is 0 Å². The van der Waals surface area contributed by atoms with Gasteiger partial charge < -0.3 is 4.90 Å². The lowest BCUT2D eigenvalue weighted by Crippen LogP contribution is -2.29. The number of aromatic nitrogens is 2. The molecular formula is C24H25N3OS. The minimum atomic E-state index is 0.124. The summed E-state index contributed by atoms with van der Waals surface area (Å²) in [6, 6.07) is 14.7. The zero-order chi connectivity index (χ0) is 20.0. The first-order chi connectivity index (χ1) is 14.1. The van der Waals surface area contributed by atoms with Gasteiger partial charge in [0, 0.05) is 4.88 Å². The maximum Gasteiger partial charge on any atom is 0.262 e. The molecule has 4 aromatic rings. The molecule has 2 aromatic heterocycles. The maximum absolute atomic E-state index is 13.7. The molecule has 0 amide bonds. The molecule has 29 heavy (non-hydrogen) atoms. The first kappa shape index (κ1) is 18.5. The average molecular weight is 404 g/mol. The van der Waals surface area contributed by atoms with E-state index in [-0.39, 0.29) is 5.56 Å². The van der Waals surface area contributed by atoms with Gasteiger partial charge in [-0.1, -0.05) is 42.5 Å². The number of hydrogen-bond donors (Lipinski definition) is 0. The van der Waals surface area contributed by atoms with Gasteiger partial charge in [-0.15, -0.1) is 11.3 Å². The minimum absolute atomic E-state index is 0.124. The molecule has 1 aliphatic carbocycles. The first-order valence-corrected chi connectivity index (χ1v) is 11.1. The molecule has 0 unspecified atom stereocenters. The molecule has 0 atom stereocenters. The molecule has 5 rings (SSSR count). The van der Waals surface area contributed by atoms with Crippen molar-refractivity contribution in [1.82, 2.24) is 14.5 Å². The molecule has 0 spiro atoms. The summed E-state index contributed by atoms with van der Waals surface area (Å²) in [5.41, 5.74) is 2.55. The van der Waals surface area contributed by atoms with Gasteiger partial charge >= 0.3 is 0 Å². The van der Waals surface area contributed by atoms with E-state index >= 15 is 0 Å². The van der Waals surface area contributed by atoms with Crippen LogP contribution < -0.4 is 5.56 Å². The summed E-state index contributed by atoms with van der Waals surface area (Å²) in [6.07, 6.45) is 4.48. The summed E-state index contributed by atoms with van der Waals surface area (Å²) in [6.45, 7) is 1.20. The molecule has 0 saturated heterocycles. The van der Waals surface area contributed by atoms with Crippen molar-refractivity contribution in [3.63, 3.8) is 0 Å². The van der Waals surface area contributed by atoms with Gasteiger partial charge in [-0.2, -0.15) is 0 Å². The Morgan fingerprint density at radius 1 is 1.07 bits per heavy atom. The molecule has 5 heteroatoms. The van der Waals surface area contributed by atoms with Crippen LogP contribution in [-0.2, 0) is 25.9 Å². The second-order valence-corrected chi connectivity index (χ2v) is 9.27. The van der Waals surface area contributed by atoms with Crippen molar-refractivity contribution < 1.29 is 0 Å². The lowest BCUT2D eigenvalue weighted by molar-refractivity contribution is 0.379. The maximum atomic E-state index is 13.7. The second kappa shape index (κ2) is 7.39. The van der Waals surface area contributed by atoms with Crippen LogP contribution in [0.2, 0.25) is 0 Å². The van der Waals surface area contributed by atoms with Crippen molar-refractivity contribution in [3.05, 3.63) is 74.6 Å². The summed E-state index contributed by atoms with van der Waals surface area (Å²) >= 11 is 1.73. The molecule has 0 radical (unpaired) electrons. The zero-order valence-corrected chi connectivity index (χ0v) is 17.8. The molecule has 0 N–H and O–H groups in total. The number of fused-ring (bicyclic) bond motifs is 4. The Balaban J connectivity index is 1.72. The van der Waals surface area contributed by atoms with E-state index in [9.17, 15) is 4.79 Å². The Morgan fingerprint density at radius 3 is 2.72 bits per heavy atom. The smallest absolute Gasteiger partial charge is 0.262 e. The molecule has 0 fully saturated rings. The highest BCUT2D eigenvalue weighted by atomic mass is 32.1. The van der Waals surface area contributed by atoms with E-state index in [0.717, 1.165) is 34.4 Å². The van der Waals surface area contributed by atoms with Crippen molar-refractivity contribution in [2.45, 2.75) is 38.8 Å². The predicted octanol–water partition coefficient (Wildman–Crippen LogP) is 4.60. The van der Waals surface area contributed by atoms with E-state index in [1.54, 1.807) is 11.3 Å². The predicted molar refractivity (Wildman–Crippen MR) is 121 cm³/mol. The van der Waals surface area contributed by atoms with E-state index in [0.29, 0.717) is 13.1 Å². The fraction of sp³-hybridized carbons (Fsp3) is 0.333. The Bertz CT molecular complexity index is 1260. The first-order valence-electron chi connectivity index (χ1n) is 10.3. The third-order valence-electron chi connectivity index (χ3n) is 5.82. The third kappa shape index (κ3) is 3.28. The normalized spacial score (nSPS) is 14.0. The molecule has 4 nitrogen and oxygen atoms in total. The van der Waals surface area contributed by atoms with Crippen molar-refractivity contribution in [2.75, 3.05) is 14.1 Å². The highest BCUT2D eigenvalue weighted by Crippen LogP contribution is 2.34. The lowest BCUT2D eigenvalue weighted by atomic mass is 9.97. The van der Waals surface area contributed by atoms with Crippen LogP contribution in [0, 0.1) is 0 Å². The Morgan fingerprint density at radius 2 is 1.86 bits per heavy atom. The summed E-state index contributed by atoms with van der Waals surface area (Å²) in [5, 5.41) is 3.27. The molecule has 0 saturated carbocycles. The van der Waals surface area contributed by atoms with E-state index in [4.69, 9.17) is 4.98 Å². The van der Waals surface area contributed by atoms with Crippen LogP contribution in [-0.4, -0.2) is 28.5 Å². The Labute approximate surface area is 174 Å². The number of aryl methyl sites for hydroxylation is 2. The van der Waals surface area contributed by atoms with E-state index in [1.165, 1.54) is 34.1 Å². The van der Waals surface area contributed by atoms with Crippen molar-refractivity contribution in [2.24, 2.45) is 0 Å². The number of thiophene rings is 1. The molecule has 0 bridgehead atoms. The molecule has 2 heterocycles. The number of nitrogens with zero attached hydrogens (tertiary/aromatic N) is 3. The van der Waals surface area contributed by atoms with Gasteiger partial charge in [0.05, 0.1) is 18.5 Å². The Hall–Kier alpha value is -2.50. The standard InChI is InChI=1S/C24H25N3OS/c1-26(2)15-21-25-23-22(19-12-5-6-13-20(19)29-23)24(28)27(21)14-17-10-7-9-16-8-3-4-11-18(16)17/h3-4,7-11H,5-6,12-15H2,1-2H3. The SMILES string of the molecule is CN(C)Cc1nc2sc3c(c2c(=O)n1Cc1cccc2ccccc12)CCCC3. The van der Waals surface area contributed by atoms with Crippen molar-refractivity contribution in [1.29, 1.82) is 0 Å². The van der Waals surface area contributed by atoms with Gasteiger partial charge in [0.1, 0.15) is 10.7 Å². The monoisotopic (exact) mass is 403 g/mol. The fourth-order valence-corrected chi connectivity index (χ4v) is 5.72. The lowest BCUT2D eigenvalue weighted by Gasteiger charge is -2.17. The molecule has 0 aliphatic heterocycles. The quantitative estimate of drug-likeness (QED) is 0.500. The van der Waals surface area contributed by atoms with Crippen molar-refractivity contribution >= 4 is 32.3 Å². The van der Waals surface area contributed by atoms with Crippen LogP contribution in [0.25, 0.3) is 21.0 Å². The number of rotatable bonds is 4. The van der Waals surface area contributed by atoms with Crippen LogP contribution >= 0.6 is 11.3 Å². The third-order valence-corrected chi connectivity index (χ3v) is 7.01. The van der Waals surface area contributed by atoms with Gasteiger partial charge in [0.2, 0.25) is 0 Å². The molecule has 2 aromatic carbocycles. The summed E-state index contributed by atoms with van der Waals surface area (Å²) in [4.78, 5) is 23.1. The van der Waals surface area contributed by atoms with E-state index in [2.05, 4.69) is 47.4 Å². The zero-order valence-electron chi connectivity index (χ0n) is 16.9. The van der Waals surface area contributed by atoms with Crippen LogP contribution in [0.4, 0.5) is 0 Å². The van der Waals surface area contributed by atoms with E-state index < -0.39 is 0 Å². The molecular weight excluding hydrogens is 378 g/mol. The highest BCUT2D eigenvalue weighted by molar-refractivity contribution is 7.18. The van der Waals surface area contributed by atoms with Gasteiger partial charge in [-0.05, 0) is 61.7 Å². The van der Waals surface area contributed by atoms with E-state index in [1.807, 2.05) is 18.7 Å². The van der Waals surface area contributed by atoms with Crippen LogP contribution in [0.1, 0.15) is 34.7 Å². The number of hydrogen-bond acceptors (Lipinski definition) is 4. The Kier molecular flexibility index (Phi) is 4.72. The average Bonchev–Trinajstić information content (AvgIpc) is 3.09.